The molecule has 4 aromatic rings. The first-order valence-electron chi connectivity index (χ1n) is 14.2. The number of carbonyl (C=O) groups excluding carboxylic acids is 2. The molecule has 44 heavy (non-hydrogen) atoms. The van der Waals surface area contributed by atoms with Gasteiger partial charge in [0, 0.05) is 19.5 Å². The van der Waals surface area contributed by atoms with Gasteiger partial charge in [-0.3, -0.25) is 13.9 Å². The van der Waals surface area contributed by atoms with E-state index >= 15 is 0 Å². The number of nitrogens with one attached hydrogen (secondary N) is 1. The van der Waals surface area contributed by atoms with Crippen LogP contribution in [0.4, 0.5) is 5.69 Å². The fraction of sp³-hybridized carbons (Fsp3) is 0.235. The maximum Gasteiger partial charge on any atom is 0.264 e. The molecule has 0 spiro atoms. The molecule has 0 saturated carbocycles. The van der Waals surface area contributed by atoms with Gasteiger partial charge in [0.1, 0.15) is 12.6 Å². The lowest BCUT2D eigenvalue weighted by Gasteiger charge is -2.34. The number of rotatable bonds is 12. The number of hydrogen-bond acceptors (Lipinski definition) is 4. The highest BCUT2D eigenvalue weighted by atomic mass is 35.5. The Balaban J connectivity index is 1.83. The molecule has 2 amide bonds. The van der Waals surface area contributed by atoms with Gasteiger partial charge in [-0.2, -0.15) is 0 Å². The van der Waals surface area contributed by atoms with Crippen LogP contribution >= 0.6 is 23.2 Å². The van der Waals surface area contributed by atoms with Crippen LogP contribution in [-0.2, 0) is 32.6 Å². The molecular formula is C34H35Cl2N3O4S. The first-order chi connectivity index (χ1) is 21.0. The predicted octanol–water partition coefficient (Wildman–Crippen LogP) is 6.58. The van der Waals surface area contributed by atoms with E-state index in [1.807, 2.05) is 68.4 Å². The van der Waals surface area contributed by atoms with Crippen molar-refractivity contribution in [1.82, 2.24) is 10.2 Å². The van der Waals surface area contributed by atoms with Crippen molar-refractivity contribution in [2.45, 2.75) is 44.7 Å². The Bertz CT molecular complexity index is 1710. The normalized spacial score (nSPS) is 11.9. The number of anilines is 1. The number of sulfonamides is 1. The largest absolute Gasteiger partial charge is 0.355 e. The van der Waals surface area contributed by atoms with Crippen molar-refractivity contribution in [3.05, 3.63) is 129 Å². The Morgan fingerprint density at radius 2 is 1.48 bits per heavy atom. The predicted molar refractivity (Wildman–Crippen MR) is 177 cm³/mol. The van der Waals surface area contributed by atoms with Gasteiger partial charge < -0.3 is 10.2 Å². The van der Waals surface area contributed by atoms with E-state index in [2.05, 4.69) is 5.32 Å². The molecule has 10 heteroatoms. The van der Waals surface area contributed by atoms with Crippen molar-refractivity contribution < 1.29 is 18.0 Å². The molecule has 1 unspecified atom stereocenters. The first kappa shape index (κ1) is 33.1. The van der Waals surface area contributed by atoms with Crippen LogP contribution < -0.4 is 9.62 Å². The average molecular weight is 653 g/mol. The molecule has 0 saturated heterocycles. The first-order valence-corrected chi connectivity index (χ1v) is 16.4. The summed E-state index contributed by atoms with van der Waals surface area (Å²) >= 11 is 12.9. The molecule has 0 fully saturated rings. The van der Waals surface area contributed by atoms with Crippen LogP contribution in [0.5, 0.6) is 0 Å². The summed E-state index contributed by atoms with van der Waals surface area (Å²) in [4.78, 5) is 29.5. The second-order valence-corrected chi connectivity index (χ2v) is 13.2. The van der Waals surface area contributed by atoms with E-state index in [1.54, 1.807) is 31.2 Å². The molecule has 1 N–H and O–H groups in total. The molecular weight excluding hydrogens is 617 g/mol. The zero-order valence-corrected chi connectivity index (χ0v) is 27.2. The highest BCUT2D eigenvalue weighted by Gasteiger charge is 2.35. The molecule has 4 rings (SSSR count). The van der Waals surface area contributed by atoms with Gasteiger partial charge in [0.2, 0.25) is 11.8 Å². The minimum atomic E-state index is -4.29. The lowest BCUT2D eigenvalue weighted by molar-refractivity contribution is -0.140. The Morgan fingerprint density at radius 1 is 0.818 bits per heavy atom. The van der Waals surface area contributed by atoms with Gasteiger partial charge in [-0.25, -0.2) is 8.42 Å². The molecule has 0 bridgehead atoms. The molecule has 0 radical (unpaired) electrons. The number of aryl methyl sites for hydroxylation is 2. The van der Waals surface area contributed by atoms with E-state index in [9.17, 15) is 18.0 Å². The van der Waals surface area contributed by atoms with Gasteiger partial charge in [-0.15, -0.1) is 0 Å². The zero-order valence-electron chi connectivity index (χ0n) is 24.8. The van der Waals surface area contributed by atoms with Gasteiger partial charge in [0.15, 0.2) is 0 Å². The van der Waals surface area contributed by atoms with E-state index in [0.717, 1.165) is 26.6 Å². The zero-order chi connectivity index (χ0) is 31.9. The van der Waals surface area contributed by atoms with Crippen molar-refractivity contribution in [2.24, 2.45) is 0 Å². The lowest BCUT2D eigenvalue weighted by Crippen LogP contribution is -2.53. The molecule has 0 aliphatic carbocycles. The number of hydrogen-bond donors (Lipinski definition) is 1. The standard InChI is InChI=1S/C34H35Cl2N3O4S/c1-4-37-34(41)31(21-26-11-6-5-7-12-26)38(22-27-13-8-10-25(3)20-27)32(40)23-39(30-15-9-14-29(35)33(30)36)44(42,43)28-18-16-24(2)17-19-28/h5-20,31H,4,21-23H2,1-3H3,(H,37,41). The summed E-state index contributed by atoms with van der Waals surface area (Å²) in [6.07, 6.45) is 0.229. The number of halogens is 2. The van der Waals surface area contributed by atoms with Crippen LogP contribution in [-0.4, -0.2) is 44.3 Å². The van der Waals surface area contributed by atoms with E-state index in [0.29, 0.717) is 6.54 Å². The minimum absolute atomic E-state index is 0.00699. The van der Waals surface area contributed by atoms with Crippen LogP contribution in [0.15, 0.2) is 102 Å². The SMILES string of the molecule is CCNC(=O)C(Cc1ccccc1)N(Cc1cccc(C)c1)C(=O)CN(c1cccc(Cl)c1Cl)S(=O)(=O)c1ccc(C)cc1. The topological polar surface area (TPSA) is 86.8 Å². The highest BCUT2D eigenvalue weighted by molar-refractivity contribution is 7.92. The van der Waals surface area contributed by atoms with Crippen LogP contribution in [0.3, 0.4) is 0 Å². The number of carbonyl (C=O) groups is 2. The third-order valence-electron chi connectivity index (χ3n) is 7.15. The number of amides is 2. The fourth-order valence-corrected chi connectivity index (χ4v) is 6.76. The van der Waals surface area contributed by atoms with Crippen molar-refractivity contribution in [2.75, 3.05) is 17.4 Å². The fourth-order valence-electron chi connectivity index (χ4n) is 4.89. The molecule has 1 atom stereocenters. The van der Waals surface area contributed by atoms with Crippen LogP contribution in [0, 0.1) is 13.8 Å². The molecule has 0 aliphatic heterocycles. The molecule has 0 aliphatic rings. The summed E-state index contributed by atoms with van der Waals surface area (Å²) in [6, 6.07) is 27.1. The quantitative estimate of drug-likeness (QED) is 0.187. The molecule has 7 nitrogen and oxygen atoms in total. The van der Waals surface area contributed by atoms with Crippen molar-refractivity contribution >= 4 is 50.7 Å². The van der Waals surface area contributed by atoms with Gasteiger partial charge in [-0.1, -0.05) is 107 Å². The average Bonchev–Trinajstić information content (AvgIpc) is 3.00. The third-order valence-corrected chi connectivity index (χ3v) is 9.73. The van der Waals surface area contributed by atoms with Crippen LogP contribution in [0.1, 0.15) is 29.2 Å². The third kappa shape index (κ3) is 8.00. The van der Waals surface area contributed by atoms with Gasteiger partial charge >= 0.3 is 0 Å². The van der Waals surface area contributed by atoms with E-state index in [1.165, 1.54) is 23.1 Å². The lowest BCUT2D eigenvalue weighted by atomic mass is 10.0. The van der Waals surface area contributed by atoms with Crippen molar-refractivity contribution in [1.29, 1.82) is 0 Å². The summed E-state index contributed by atoms with van der Waals surface area (Å²) < 4.78 is 29.2. The van der Waals surface area contributed by atoms with Gasteiger partial charge in [0.25, 0.3) is 10.0 Å². The summed E-state index contributed by atoms with van der Waals surface area (Å²) in [6.45, 7) is 5.42. The smallest absolute Gasteiger partial charge is 0.264 e. The summed E-state index contributed by atoms with van der Waals surface area (Å²) in [7, 11) is -4.29. The van der Waals surface area contributed by atoms with E-state index < -0.39 is 28.5 Å². The van der Waals surface area contributed by atoms with Crippen molar-refractivity contribution in [3.8, 4) is 0 Å². The minimum Gasteiger partial charge on any atom is -0.355 e. The summed E-state index contributed by atoms with van der Waals surface area (Å²) in [5.74, 6) is -0.920. The Kier molecular flexibility index (Phi) is 11.1. The summed E-state index contributed by atoms with van der Waals surface area (Å²) in [5.41, 5.74) is 3.58. The molecule has 0 heterocycles. The Hall–Kier alpha value is -3.85. The summed E-state index contributed by atoms with van der Waals surface area (Å²) in [5, 5.41) is 2.99. The second-order valence-electron chi connectivity index (χ2n) is 10.5. The van der Waals surface area contributed by atoms with Crippen LogP contribution in [0.25, 0.3) is 0 Å². The number of nitrogens with zero attached hydrogens (tertiary/aromatic N) is 2. The second kappa shape index (κ2) is 14.8. The molecule has 4 aromatic carbocycles. The van der Waals surface area contributed by atoms with Crippen LogP contribution in [0.2, 0.25) is 10.0 Å². The van der Waals surface area contributed by atoms with E-state index in [4.69, 9.17) is 23.2 Å². The maximum absolute atomic E-state index is 14.4. The molecule has 0 aromatic heterocycles. The number of likely N-dealkylation sites (N-methyl/N-ethyl adjacent to an activating group) is 1. The molecule has 230 valence electrons. The monoisotopic (exact) mass is 651 g/mol. The highest BCUT2D eigenvalue weighted by Crippen LogP contribution is 2.35. The van der Waals surface area contributed by atoms with Gasteiger partial charge in [0.05, 0.1) is 20.6 Å². The maximum atomic E-state index is 14.4. The van der Waals surface area contributed by atoms with E-state index in [-0.39, 0.29) is 39.5 Å². The van der Waals surface area contributed by atoms with Crippen molar-refractivity contribution in [3.63, 3.8) is 0 Å². The Morgan fingerprint density at radius 3 is 2.14 bits per heavy atom. The van der Waals surface area contributed by atoms with Gasteiger partial charge in [-0.05, 0) is 56.2 Å². The number of benzene rings is 4. The Labute approximate surface area is 269 Å².